The lowest BCUT2D eigenvalue weighted by Crippen LogP contribution is -2.20. The molecule has 166 valence electrons. The van der Waals surface area contributed by atoms with Gasteiger partial charge in [0.2, 0.25) is 0 Å². The number of hydrogen-bond donors (Lipinski definition) is 1. The first-order valence-corrected chi connectivity index (χ1v) is 11.6. The molecule has 0 spiro atoms. The van der Waals surface area contributed by atoms with E-state index >= 15 is 0 Å². The minimum Gasteiger partial charge on any atom is -0.272 e. The fourth-order valence-corrected chi connectivity index (χ4v) is 4.02. The van der Waals surface area contributed by atoms with E-state index in [9.17, 15) is 4.79 Å². The van der Waals surface area contributed by atoms with Gasteiger partial charge in [0, 0.05) is 11.3 Å². The van der Waals surface area contributed by atoms with Crippen molar-refractivity contribution in [1.29, 1.82) is 0 Å². The largest absolute Gasteiger partial charge is 0.272 e. The number of rotatable bonds is 7. The van der Waals surface area contributed by atoms with E-state index in [0.717, 1.165) is 28.2 Å². The Morgan fingerprint density at radius 2 is 1.64 bits per heavy atom. The second-order valence-electron chi connectivity index (χ2n) is 7.84. The molecule has 0 radical (unpaired) electrons. The van der Waals surface area contributed by atoms with Crippen LogP contribution in [0.2, 0.25) is 0 Å². The van der Waals surface area contributed by atoms with Crippen LogP contribution in [0.25, 0.3) is 17.1 Å². The van der Waals surface area contributed by atoms with Crippen molar-refractivity contribution < 1.29 is 4.79 Å². The molecule has 3 aromatic carbocycles. The molecule has 6 nitrogen and oxygen atoms in total. The van der Waals surface area contributed by atoms with E-state index in [4.69, 9.17) is 0 Å². The quantitative estimate of drug-likeness (QED) is 0.239. The highest BCUT2D eigenvalue weighted by Gasteiger charge is 2.17. The van der Waals surface area contributed by atoms with Crippen molar-refractivity contribution in [1.82, 2.24) is 20.2 Å². The highest BCUT2D eigenvalue weighted by molar-refractivity contribution is 7.99. The molecular weight excluding hydrogens is 430 g/mol. The van der Waals surface area contributed by atoms with E-state index in [-0.39, 0.29) is 11.7 Å². The standard InChI is InChI=1S/C26H25N5OS/c1-18-7-11-22(12-8-18)25-29-30-26(31(25)23-13-9-19(2)10-14-23)33-17-24(32)28-27-16-21-6-4-5-20(3)15-21/h4-16H,17H2,1-3H3,(H,28,32)/b27-16+. The minimum atomic E-state index is -0.209. The number of aryl methyl sites for hydroxylation is 3. The molecule has 0 saturated heterocycles. The molecule has 0 saturated carbocycles. The first kappa shape index (κ1) is 22.5. The number of amides is 1. The second kappa shape index (κ2) is 10.3. The molecule has 4 rings (SSSR count). The fourth-order valence-electron chi connectivity index (χ4n) is 3.27. The third-order valence-corrected chi connectivity index (χ3v) is 5.94. The third kappa shape index (κ3) is 5.75. The Labute approximate surface area is 197 Å². The molecule has 1 N–H and O–H groups in total. The Balaban J connectivity index is 1.51. The summed E-state index contributed by atoms with van der Waals surface area (Å²) in [6, 6.07) is 24.3. The van der Waals surface area contributed by atoms with Crippen LogP contribution in [0.1, 0.15) is 22.3 Å². The van der Waals surface area contributed by atoms with Gasteiger partial charge in [-0.1, -0.05) is 89.1 Å². The number of benzene rings is 3. The predicted octanol–water partition coefficient (Wildman–Crippen LogP) is 5.10. The summed E-state index contributed by atoms with van der Waals surface area (Å²) < 4.78 is 1.98. The predicted molar refractivity (Wildman–Crippen MR) is 134 cm³/mol. The van der Waals surface area contributed by atoms with Crippen molar-refractivity contribution in [2.75, 3.05) is 5.75 Å². The molecule has 0 aliphatic rings. The molecule has 0 atom stereocenters. The second-order valence-corrected chi connectivity index (χ2v) is 8.78. The monoisotopic (exact) mass is 455 g/mol. The summed E-state index contributed by atoms with van der Waals surface area (Å²) in [5.41, 5.74) is 8.92. The van der Waals surface area contributed by atoms with Crippen molar-refractivity contribution in [3.8, 4) is 17.1 Å². The Morgan fingerprint density at radius 1 is 0.939 bits per heavy atom. The number of nitrogens with one attached hydrogen (secondary N) is 1. The van der Waals surface area contributed by atoms with Gasteiger partial charge in [0.05, 0.1) is 12.0 Å². The Hall–Kier alpha value is -3.71. The molecular formula is C26H25N5OS. The van der Waals surface area contributed by atoms with E-state index < -0.39 is 0 Å². The van der Waals surface area contributed by atoms with E-state index in [0.29, 0.717) is 5.16 Å². The third-order valence-electron chi connectivity index (χ3n) is 5.01. The van der Waals surface area contributed by atoms with Gasteiger partial charge in [0.15, 0.2) is 11.0 Å². The van der Waals surface area contributed by atoms with Crippen molar-refractivity contribution in [2.45, 2.75) is 25.9 Å². The SMILES string of the molecule is Cc1ccc(-c2nnc(SCC(=O)N/N=C/c3cccc(C)c3)n2-c2ccc(C)cc2)cc1. The van der Waals surface area contributed by atoms with Gasteiger partial charge in [-0.05, 0) is 38.5 Å². The van der Waals surface area contributed by atoms with Gasteiger partial charge in [-0.25, -0.2) is 5.43 Å². The first-order valence-electron chi connectivity index (χ1n) is 10.6. The van der Waals surface area contributed by atoms with Gasteiger partial charge < -0.3 is 0 Å². The Bertz CT molecular complexity index is 1280. The number of nitrogens with zero attached hydrogens (tertiary/aromatic N) is 4. The van der Waals surface area contributed by atoms with Crippen LogP contribution < -0.4 is 5.43 Å². The van der Waals surface area contributed by atoms with Crippen LogP contribution >= 0.6 is 11.8 Å². The van der Waals surface area contributed by atoms with Crippen molar-refractivity contribution >= 4 is 23.9 Å². The Kier molecular flexibility index (Phi) is 7.00. The maximum Gasteiger partial charge on any atom is 0.250 e. The lowest BCUT2D eigenvalue weighted by Gasteiger charge is -2.11. The van der Waals surface area contributed by atoms with Crippen LogP contribution in [0.15, 0.2) is 83.1 Å². The maximum absolute atomic E-state index is 12.4. The number of aromatic nitrogens is 3. The molecule has 1 amide bonds. The van der Waals surface area contributed by atoms with Crippen molar-refractivity contribution in [3.63, 3.8) is 0 Å². The number of thioether (sulfide) groups is 1. The summed E-state index contributed by atoms with van der Waals surface area (Å²) in [4.78, 5) is 12.4. The van der Waals surface area contributed by atoms with Gasteiger partial charge in [0.1, 0.15) is 0 Å². The topological polar surface area (TPSA) is 72.2 Å². The van der Waals surface area contributed by atoms with Gasteiger partial charge >= 0.3 is 0 Å². The molecule has 7 heteroatoms. The van der Waals surface area contributed by atoms with Crippen LogP contribution in [0.4, 0.5) is 0 Å². The number of hydrazone groups is 1. The van der Waals surface area contributed by atoms with Crippen LogP contribution in [-0.2, 0) is 4.79 Å². The maximum atomic E-state index is 12.4. The zero-order valence-electron chi connectivity index (χ0n) is 18.8. The van der Waals surface area contributed by atoms with E-state index in [1.165, 1.54) is 22.9 Å². The van der Waals surface area contributed by atoms with E-state index in [2.05, 4.69) is 51.9 Å². The van der Waals surface area contributed by atoms with Crippen LogP contribution in [0.3, 0.4) is 0 Å². The summed E-state index contributed by atoms with van der Waals surface area (Å²) in [7, 11) is 0. The zero-order chi connectivity index (χ0) is 23.2. The highest BCUT2D eigenvalue weighted by Crippen LogP contribution is 2.28. The van der Waals surface area contributed by atoms with E-state index in [1.807, 2.05) is 66.9 Å². The van der Waals surface area contributed by atoms with Crippen LogP contribution in [0.5, 0.6) is 0 Å². The van der Waals surface area contributed by atoms with Crippen molar-refractivity contribution in [3.05, 3.63) is 95.1 Å². The highest BCUT2D eigenvalue weighted by atomic mass is 32.2. The van der Waals surface area contributed by atoms with Crippen LogP contribution in [-0.4, -0.2) is 32.6 Å². The summed E-state index contributed by atoms with van der Waals surface area (Å²) in [5, 5.41) is 13.5. The lowest BCUT2D eigenvalue weighted by molar-refractivity contribution is -0.118. The van der Waals surface area contributed by atoms with E-state index in [1.54, 1.807) is 6.21 Å². The summed E-state index contributed by atoms with van der Waals surface area (Å²) in [5.74, 6) is 0.696. The normalized spacial score (nSPS) is 11.1. The van der Waals surface area contributed by atoms with Crippen LogP contribution in [0, 0.1) is 20.8 Å². The van der Waals surface area contributed by atoms with Crippen molar-refractivity contribution in [2.24, 2.45) is 5.10 Å². The molecule has 1 aromatic heterocycles. The Morgan fingerprint density at radius 3 is 2.33 bits per heavy atom. The minimum absolute atomic E-state index is 0.170. The molecule has 0 fully saturated rings. The molecule has 0 bridgehead atoms. The molecule has 4 aromatic rings. The zero-order valence-corrected chi connectivity index (χ0v) is 19.6. The molecule has 33 heavy (non-hydrogen) atoms. The van der Waals surface area contributed by atoms with Gasteiger partial charge in [-0.2, -0.15) is 5.10 Å². The summed E-state index contributed by atoms with van der Waals surface area (Å²) in [6.45, 7) is 6.12. The number of hydrogen-bond acceptors (Lipinski definition) is 5. The van der Waals surface area contributed by atoms with Gasteiger partial charge in [-0.15, -0.1) is 10.2 Å². The molecule has 0 unspecified atom stereocenters. The molecule has 0 aliphatic carbocycles. The number of carbonyl (C=O) groups is 1. The first-order chi connectivity index (χ1) is 16.0. The van der Waals surface area contributed by atoms with Gasteiger partial charge in [0.25, 0.3) is 5.91 Å². The summed E-state index contributed by atoms with van der Waals surface area (Å²) in [6.07, 6.45) is 1.64. The average molecular weight is 456 g/mol. The average Bonchev–Trinajstić information content (AvgIpc) is 3.23. The smallest absolute Gasteiger partial charge is 0.250 e. The fraction of sp³-hybridized carbons (Fsp3) is 0.154. The number of carbonyl (C=O) groups excluding carboxylic acids is 1. The molecule has 1 heterocycles. The molecule has 0 aliphatic heterocycles. The lowest BCUT2D eigenvalue weighted by atomic mass is 10.1. The van der Waals surface area contributed by atoms with Gasteiger partial charge in [-0.3, -0.25) is 9.36 Å². The summed E-state index contributed by atoms with van der Waals surface area (Å²) >= 11 is 1.32.